The molecule has 0 bridgehead atoms. The van der Waals surface area contributed by atoms with E-state index in [9.17, 15) is 13.2 Å². The summed E-state index contributed by atoms with van der Waals surface area (Å²) in [7, 11) is 0. The van der Waals surface area contributed by atoms with Crippen LogP contribution in [0.2, 0.25) is 0 Å². The zero-order chi connectivity index (χ0) is 12.3. The van der Waals surface area contributed by atoms with Crippen LogP contribution in [-0.4, -0.2) is 16.3 Å². The predicted octanol–water partition coefficient (Wildman–Crippen LogP) is 3.04. The van der Waals surface area contributed by atoms with Crippen LogP contribution in [0, 0.1) is 0 Å². The molecule has 0 aliphatic carbocycles. The summed E-state index contributed by atoms with van der Waals surface area (Å²) >= 11 is 0. The maximum atomic E-state index is 11.9. The SMILES string of the molecule is FC(F)(F)Oc1ccc(-c2ncccn2)cc1. The summed E-state index contributed by atoms with van der Waals surface area (Å²) in [6.45, 7) is 0. The molecule has 0 saturated carbocycles. The van der Waals surface area contributed by atoms with Gasteiger partial charge >= 0.3 is 6.36 Å². The van der Waals surface area contributed by atoms with E-state index in [1.54, 1.807) is 18.5 Å². The van der Waals surface area contributed by atoms with Gasteiger partial charge in [0.05, 0.1) is 0 Å². The molecule has 0 N–H and O–H groups in total. The van der Waals surface area contributed by atoms with Gasteiger partial charge in [0.25, 0.3) is 0 Å². The van der Waals surface area contributed by atoms with E-state index in [2.05, 4.69) is 14.7 Å². The predicted molar refractivity (Wildman–Crippen MR) is 54.2 cm³/mol. The highest BCUT2D eigenvalue weighted by Gasteiger charge is 2.30. The highest BCUT2D eigenvalue weighted by molar-refractivity contribution is 5.55. The van der Waals surface area contributed by atoms with Crippen LogP contribution < -0.4 is 4.74 Å². The Morgan fingerprint density at radius 1 is 0.941 bits per heavy atom. The number of benzene rings is 1. The van der Waals surface area contributed by atoms with E-state index in [4.69, 9.17) is 0 Å². The van der Waals surface area contributed by atoms with Gasteiger partial charge in [0.15, 0.2) is 5.82 Å². The number of nitrogens with zero attached hydrogens (tertiary/aromatic N) is 2. The van der Waals surface area contributed by atoms with E-state index in [0.29, 0.717) is 11.4 Å². The number of halogens is 3. The van der Waals surface area contributed by atoms with Crippen molar-refractivity contribution in [2.75, 3.05) is 0 Å². The van der Waals surface area contributed by atoms with E-state index >= 15 is 0 Å². The fourth-order valence-electron chi connectivity index (χ4n) is 1.25. The van der Waals surface area contributed by atoms with Gasteiger partial charge in [-0.25, -0.2) is 9.97 Å². The highest BCUT2D eigenvalue weighted by atomic mass is 19.4. The van der Waals surface area contributed by atoms with Crippen molar-refractivity contribution in [3.05, 3.63) is 42.7 Å². The maximum absolute atomic E-state index is 11.9. The minimum absolute atomic E-state index is 0.266. The third-order valence-corrected chi connectivity index (χ3v) is 1.91. The average Bonchev–Trinajstić information content (AvgIpc) is 2.29. The Hall–Kier alpha value is -2.11. The second-order valence-corrected chi connectivity index (χ2v) is 3.14. The van der Waals surface area contributed by atoms with Gasteiger partial charge in [-0.05, 0) is 30.3 Å². The number of ether oxygens (including phenoxy) is 1. The summed E-state index contributed by atoms with van der Waals surface area (Å²) < 4.78 is 39.5. The Labute approximate surface area is 94.9 Å². The minimum Gasteiger partial charge on any atom is -0.406 e. The van der Waals surface area contributed by atoms with Gasteiger partial charge in [0.1, 0.15) is 5.75 Å². The first-order valence-electron chi connectivity index (χ1n) is 4.68. The number of hydrogen-bond donors (Lipinski definition) is 0. The quantitative estimate of drug-likeness (QED) is 0.809. The summed E-state index contributed by atoms with van der Waals surface area (Å²) in [5.41, 5.74) is 0.625. The van der Waals surface area contributed by atoms with Gasteiger partial charge in [0.2, 0.25) is 0 Å². The molecule has 1 heterocycles. The summed E-state index contributed by atoms with van der Waals surface area (Å²) in [5.74, 6) is 0.184. The van der Waals surface area contributed by atoms with E-state index in [1.807, 2.05) is 0 Å². The molecule has 1 aromatic carbocycles. The number of aromatic nitrogens is 2. The van der Waals surface area contributed by atoms with Crippen LogP contribution in [0.15, 0.2) is 42.7 Å². The lowest BCUT2D eigenvalue weighted by Gasteiger charge is -2.08. The van der Waals surface area contributed by atoms with E-state index in [1.165, 1.54) is 24.3 Å². The van der Waals surface area contributed by atoms with Crippen molar-refractivity contribution in [1.82, 2.24) is 9.97 Å². The molecule has 2 rings (SSSR count). The van der Waals surface area contributed by atoms with Crippen molar-refractivity contribution in [3.63, 3.8) is 0 Å². The molecule has 0 saturated heterocycles. The van der Waals surface area contributed by atoms with E-state index in [-0.39, 0.29) is 5.75 Å². The van der Waals surface area contributed by atoms with Gasteiger partial charge in [-0.15, -0.1) is 13.2 Å². The van der Waals surface area contributed by atoms with Gasteiger partial charge in [-0.3, -0.25) is 0 Å². The molecule has 0 spiro atoms. The molecule has 0 unspecified atom stereocenters. The number of alkyl halides is 3. The Kier molecular flexibility index (Phi) is 2.95. The van der Waals surface area contributed by atoms with Crippen molar-refractivity contribution in [2.24, 2.45) is 0 Å². The van der Waals surface area contributed by atoms with Gasteiger partial charge in [-0.2, -0.15) is 0 Å². The lowest BCUT2D eigenvalue weighted by atomic mass is 10.2. The van der Waals surface area contributed by atoms with Gasteiger partial charge in [0, 0.05) is 18.0 Å². The molecule has 0 amide bonds. The van der Waals surface area contributed by atoms with Crippen molar-refractivity contribution >= 4 is 0 Å². The summed E-state index contributed by atoms with van der Waals surface area (Å²) in [4.78, 5) is 7.96. The number of hydrogen-bond acceptors (Lipinski definition) is 3. The summed E-state index contributed by atoms with van der Waals surface area (Å²) in [6.07, 6.45) is -1.56. The lowest BCUT2D eigenvalue weighted by Crippen LogP contribution is -2.16. The molecular weight excluding hydrogens is 233 g/mol. The van der Waals surface area contributed by atoms with Crippen LogP contribution in [0.1, 0.15) is 0 Å². The zero-order valence-corrected chi connectivity index (χ0v) is 8.48. The van der Waals surface area contributed by atoms with Crippen molar-refractivity contribution in [1.29, 1.82) is 0 Å². The monoisotopic (exact) mass is 240 g/mol. The van der Waals surface area contributed by atoms with E-state index in [0.717, 1.165) is 0 Å². The fourth-order valence-corrected chi connectivity index (χ4v) is 1.25. The molecule has 3 nitrogen and oxygen atoms in total. The van der Waals surface area contributed by atoms with Gasteiger partial charge < -0.3 is 4.74 Å². The molecule has 17 heavy (non-hydrogen) atoms. The topological polar surface area (TPSA) is 35.0 Å². The van der Waals surface area contributed by atoms with Crippen LogP contribution in [0.5, 0.6) is 5.75 Å². The second kappa shape index (κ2) is 4.40. The first-order valence-corrected chi connectivity index (χ1v) is 4.68. The molecule has 1 aromatic heterocycles. The molecule has 88 valence electrons. The first-order chi connectivity index (χ1) is 8.04. The van der Waals surface area contributed by atoms with Crippen LogP contribution in [0.25, 0.3) is 11.4 Å². The molecule has 0 aliphatic rings. The van der Waals surface area contributed by atoms with E-state index < -0.39 is 6.36 Å². The summed E-state index contributed by atoms with van der Waals surface area (Å²) in [6, 6.07) is 7.04. The van der Waals surface area contributed by atoms with Crippen molar-refractivity contribution < 1.29 is 17.9 Å². The highest BCUT2D eigenvalue weighted by Crippen LogP contribution is 2.24. The standard InChI is InChI=1S/C11H7F3N2O/c12-11(13,14)17-9-4-2-8(3-5-9)10-15-6-1-7-16-10/h1-7H. The second-order valence-electron chi connectivity index (χ2n) is 3.14. The molecule has 2 aromatic rings. The molecule has 0 radical (unpaired) electrons. The van der Waals surface area contributed by atoms with Crippen molar-refractivity contribution in [2.45, 2.75) is 6.36 Å². The minimum atomic E-state index is -4.68. The Balaban J connectivity index is 2.19. The first kappa shape index (κ1) is 11.4. The Bertz CT molecular complexity index is 482. The molecular formula is C11H7F3N2O. The average molecular weight is 240 g/mol. The molecule has 0 atom stereocenters. The van der Waals surface area contributed by atoms with Crippen LogP contribution >= 0.6 is 0 Å². The third-order valence-electron chi connectivity index (χ3n) is 1.91. The zero-order valence-electron chi connectivity index (χ0n) is 8.48. The molecule has 0 aliphatic heterocycles. The van der Waals surface area contributed by atoms with Crippen LogP contribution in [-0.2, 0) is 0 Å². The molecule has 0 fully saturated rings. The van der Waals surface area contributed by atoms with Gasteiger partial charge in [-0.1, -0.05) is 0 Å². The van der Waals surface area contributed by atoms with Crippen molar-refractivity contribution in [3.8, 4) is 17.1 Å². The third kappa shape index (κ3) is 3.17. The number of rotatable bonds is 2. The largest absolute Gasteiger partial charge is 0.573 e. The van der Waals surface area contributed by atoms with Crippen LogP contribution in [0.3, 0.4) is 0 Å². The lowest BCUT2D eigenvalue weighted by molar-refractivity contribution is -0.274. The smallest absolute Gasteiger partial charge is 0.406 e. The normalized spacial score (nSPS) is 11.2. The summed E-state index contributed by atoms with van der Waals surface area (Å²) in [5, 5.41) is 0. The maximum Gasteiger partial charge on any atom is 0.573 e. The fraction of sp³-hybridized carbons (Fsp3) is 0.0909. The Morgan fingerprint density at radius 2 is 1.53 bits per heavy atom. The Morgan fingerprint density at radius 3 is 2.06 bits per heavy atom. The van der Waals surface area contributed by atoms with Crippen LogP contribution in [0.4, 0.5) is 13.2 Å². The molecule has 6 heteroatoms.